The van der Waals surface area contributed by atoms with Gasteiger partial charge in [0.1, 0.15) is 12.1 Å². The van der Waals surface area contributed by atoms with E-state index in [0.29, 0.717) is 24.2 Å². The van der Waals surface area contributed by atoms with E-state index in [1.165, 1.54) is 4.90 Å². The maximum Gasteiger partial charge on any atom is 0.256 e. The van der Waals surface area contributed by atoms with Crippen molar-refractivity contribution < 1.29 is 14.4 Å². The summed E-state index contributed by atoms with van der Waals surface area (Å²) >= 11 is 0. The zero-order valence-corrected chi connectivity index (χ0v) is 15.7. The van der Waals surface area contributed by atoms with E-state index in [0.717, 1.165) is 19.3 Å². The average Bonchev–Trinajstić information content (AvgIpc) is 2.75. The number of nitrogens with one attached hydrogen (secondary N) is 1. The van der Waals surface area contributed by atoms with Gasteiger partial charge in [-0.2, -0.15) is 0 Å². The molecule has 3 rings (SSSR count). The van der Waals surface area contributed by atoms with E-state index in [1.807, 2.05) is 13.8 Å². The molecule has 1 saturated heterocycles. The molecule has 0 aromatic heterocycles. The molecule has 3 atom stereocenters. The van der Waals surface area contributed by atoms with Crippen molar-refractivity contribution in [3.63, 3.8) is 0 Å². The smallest absolute Gasteiger partial charge is 0.256 e. The zero-order chi connectivity index (χ0) is 18.8. The average molecular weight is 357 g/mol. The number of benzene rings is 1. The van der Waals surface area contributed by atoms with Crippen LogP contribution in [0.5, 0.6) is 0 Å². The Kier molecular flexibility index (Phi) is 5.30. The highest BCUT2D eigenvalue weighted by Crippen LogP contribution is 2.33. The molecule has 0 bridgehead atoms. The lowest BCUT2D eigenvalue weighted by atomic mass is 10.0. The van der Waals surface area contributed by atoms with Crippen LogP contribution in [0, 0.1) is 0 Å². The van der Waals surface area contributed by atoms with Crippen LogP contribution in [0.15, 0.2) is 24.3 Å². The van der Waals surface area contributed by atoms with Crippen molar-refractivity contribution in [2.24, 2.45) is 0 Å². The molecule has 1 N–H and O–H groups in total. The summed E-state index contributed by atoms with van der Waals surface area (Å²) in [4.78, 5) is 42.3. The maximum atomic E-state index is 13.3. The molecule has 0 spiro atoms. The summed E-state index contributed by atoms with van der Waals surface area (Å²) in [7, 11) is 0. The first kappa shape index (κ1) is 18.4. The van der Waals surface area contributed by atoms with Gasteiger partial charge >= 0.3 is 0 Å². The van der Waals surface area contributed by atoms with E-state index in [-0.39, 0.29) is 23.8 Å². The molecule has 1 fully saturated rings. The third-order valence-electron chi connectivity index (χ3n) is 5.45. The Balaban J connectivity index is 2.02. The van der Waals surface area contributed by atoms with Crippen LogP contribution in [-0.4, -0.2) is 47.3 Å². The largest absolute Gasteiger partial charge is 0.352 e. The van der Waals surface area contributed by atoms with Gasteiger partial charge in [0, 0.05) is 12.6 Å². The first-order chi connectivity index (χ1) is 12.5. The van der Waals surface area contributed by atoms with Crippen LogP contribution < -0.4 is 10.2 Å². The third kappa shape index (κ3) is 3.20. The first-order valence-electron chi connectivity index (χ1n) is 9.49. The minimum atomic E-state index is -0.674. The number of hydrogen-bond acceptors (Lipinski definition) is 3. The number of anilines is 1. The molecule has 6 heteroatoms. The summed E-state index contributed by atoms with van der Waals surface area (Å²) < 4.78 is 0. The number of nitrogens with zero attached hydrogens (tertiary/aromatic N) is 2. The fraction of sp³-hybridized carbons (Fsp3) is 0.550. The Hall–Kier alpha value is -2.37. The molecule has 3 unspecified atom stereocenters. The van der Waals surface area contributed by atoms with Gasteiger partial charge in [0.25, 0.3) is 11.8 Å². The summed E-state index contributed by atoms with van der Waals surface area (Å²) in [5.41, 5.74) is 1.03. The molecule has 6 nitrogen and oxygen atoms in total. The van der Waals surface area contributed by atoms with Crippen molar-refractivity contribution in [1.29, 1.82) is 0 Å². The molecule has 3 amide bonds. The van der Waals surface area contributed by atoms with Gasteiger partial charge in [0.2, 0.25) is 5.91 Å². The Morgan fingerprint density at radius 3 is 2.69 bits per heavy atom. The van der Waals surface area contributed by atoms with E-state index < -0.39 is 12.1 Å². The van der Waals surface area contributed by atoms with Crippen LogP contribution >= 0.6 is 0 Å². The van der Waals surface area contributed by atoms with Gasteiger partial charge < -0.3 is 10.2 Å². The van der Waals surface area contributed by atoms with Crippen LogP contribution in [0.4, 0.5) is 5.69 Å². The summed E-state index contributed by atoms with van der Waals surface area (Å²) in [6, 6.07) is 5.99. The molecule has 1 aromatic carbocycles. The van der Waals surface area contributed by atoms with Gasteiger partial charge in [-0.3, -0.25) is 19.3 Å². The molecule has 2 heterocycles. The molecule has 26 heavy (non-hydrogen) atoms. The second-order valence-corrected chi connectivity index (χ2v) is 7.23. The summed E-state index contributed by atoms with van der Waals surface area (Å²) in [6.45, 7) is 6.26. The molecular formula is C20H27N3O3. The molecule has 2 aliphatic rings. The lowest BCUT2D eigenvalue weighted by molar-refractivity contribution is -0.128. The summed E-state index contributed by atoms with van der Waals surface area (Å²) in [5, 5.41) is 2.95. The van der Waals surface area contributed by atoms with Crippen molar-refractivity contribution in [2.45, 2.75) is 64.6 Å². The predicted octanol–water partition coefficient (Wildman–Crippen LogP) is 2.33. The van der Waals surface area contributed by atoms with Gasteiger partial charge in [-0.05, 0) is 51.7 Å². The molecule has 0 radical (unpaired) electrons. The normalized spacial score (nSPS) is 22.2. The van der Waals surface area contributed by atoms with E-state index in [9.17, 15) is 14.4 Å². The number of rotatable bonds is 4. The number of fused-ring (bicyclic) bond motifs is 2. The van der Waals surface area contributed by atoms with Gasteiger partial charge in [0.15, 0.2) is 0 Å². The molecule has 1 aromatic rings. The van der Waals surface area contributed by atoms with Crippen LogP contribution in [-0.2, 0) is 9.59 Å². The second kappa shape index (κ2) is 7.48. The van der Waals surface area contributed by atoms with Crippen LogP contribution in [0.2, 0.25) is 0 Å². The number of carbonyl (C=O) groups is 3. The quantitative estimate of drug-likeness (QED) is 0.899. The van der Waals surface area contributed by atoms with E-state index >= 15 is 0 Å². The summed E-state index contributed by atoms with van der Waals surface area (Å²) in [6.07, 6.45) is 3.28. The minimum Gasteiger partial charge on any atom is -0.352 e. The Labute approximate surface area is 154 Å². The topological polar surface area (TPSA) is 69.7 Å². The van der Waals surface area contributed by atoms with E-state index in [2.05, 4.69) is 5.32 Å². The van der Waals surface area contributed by atoms with Crippen molar-refractivity contribution >= 4 is 23.4 Å². The Bertz CT molecular complexity index is 718. The maximum absolute atomic E-state index is 13.3. The van der Waals surface area contributed by atoms with Crippen molar-refractivity contribution in [3.05, 3.63) is 29.8 Å². The zero-order valence-electron chi connectivity index (χ0n) is 15.7. The van der Waals surface area contributed by atoms with Gasteiger partial charge in [-0.25, -0.2) is 0 Å². The van der Waals surface area contributed by atoms with E-state index in [1.54, 1.807) is 36.1 Å². The van der Waals surface area contributed by atoms with Crippen molar-refractivity contribution in [1.82, 2.24) is 10.2 Å². The lowest BCUT2D eigenvalue weighted by Gasteiger charge is -2.36. The number of piperidine rings is 1. The number of para-hydroxylation sites is 1. The summed E-state index contributed by atoms with van der Waals surface area (Å²) in [5.74, 6) is -0.468. The van der Waals surface area contributed by atoms with Gasteiger partial charge in [-0.15, -0.1) is 0 Å². The highest BCUT2D eigenvalue weighted by molar-refractivity contribution is 6.13. The monoisotopic (exact) mass is 357 g/mol. The lowest BCUT2D eigenvalue weighted by Crippen LogP contribution is -2.56. The van der Waals surface area contributed by atoms with E-state index in [4.69, 9.17) is 0 Å². The minimum absolute atomic E-state index is 0.0371. The predicted molar refractivity (Wildman–Crippen MR) is 100.0 cm³/mol. The third-order valence-corrected chi connectivity index (χ3v) is 5.45. The number of carbonyl (C=O) groups excluding carboxylic acids is 3. The first-order valence-corrected chi connectivity index (χ1v) is 9.49. The van der Waals surface area contributed by atoms with Gasteiger partial charge in [0.05, 0.1) is 11.3 Å². The van der Waals surface area contributed by atoms with Crippen molar-refractivity contribution in [2.75, 3.05) is 11.4 Å². The SMILES string of the molecule is CCC(C)NC(=O)C(C)N1C(=O)C2CCCCN2C(=O)c2ccccc21. The molecular weight excluding hydrogens is 330 g/mol. The standard InChI is InChI=1S/C20H27N3O3/c1-4-13(2)21-18(24)14(3)23-16-10-6-5-9-15(16)19(25)22-12-8-7-11-17(22)20(23)26/h5-6,9-10,13-14,17H,4,7-8,11-12H2,1-3H3,(H,21,24). The second-order valence-electron chi connectivity index (χ2n) is 7.23. The highest BCUT2D eigenvalue weighted by atomic mass is 16.2. The van der Waals surface area contributed by atoms with Crippen LogP contribution in [0.25, 0.3) is 0 Å². The molecule has 0 saturated carbocycles. The van der Waals surface area contributed by atoms with Crippen LogP contribution in [0.1, 0.15) is 56.8 Å². The molecule has 0 aliphatic carbocycles. The number of hydrogen-bond donors (Lipinski definition) is 1. The fourth-order valence-electron chi connectivity index (χ4n) is 3.71. The molecule has 140 valence electrons. The highest BCUT2D eigenvalue weighted by Gasteiger charge is 2.43. The van der Waals surface area contributed by atoms with Crippen molar-refractivity contribution in [3.8, 4) is 0 Å². The van der Waals surface area contributed by atoms with Crippen LogP contribution in [0.3, 0.4) is 0 Å². The number of amides is 3. The Morgan fingerprint density at radius 2 is 1.96 bits per heavy atom. The Morgan fingerprint density at radius 1 is 1.23 bits per heavy atom. The van der Waals surface area contributed by atoms with Gasteiger partial charge in [-0.1, -0.05) is 19.1 Å². The molecule has 2 aliphatic heterocycles. The fourth-order valence-corrected chi connectivity index (χ4v) is 3.71.